The molecule has 0 saturated heterocycles. The van der Waals surface area contributed by atoms with Gasteiger partial charge >= 0.3 is 0 Å². The number of rotatable bonds is 3. The van der Waals surface area contributed by atoms with Crippen molar-refractivity contribution in [3.63, 3.8) is 0 Å². The average molecular weight is 392 g/mol. The van der Waals surface area contributed by atoms with Gasteiger partial charge in [0.25, 0.3) is 0 Å². The zero-order valence-electron chi connectivity index (χ0n) is 18.3. The van der Waals surface area contributed by atoms with Crippen LogP contribution in [0.2, 0.25) is 0 Å². The molecule has 30 heavy (non-hydrogen) atoms. The number of aryl methyl sites for hydroxylation is 2. The second-order valence-corrected chi connectivity index (χ2v) is 9.31. The van der Waals surface area contributed by atoms with Gasteiger partial charge < -0.3 is 5.32 Å². The van der Waals surface area contributed by atoms with E-state index in [1.165, 1.54) is 50.3 Å². The van der Waals surface area contributed by atoms with Crippen LogP contribution in [0.15, 0.2) is 84.6 Å². The molecule has 1 unspecified atom stereocenters. The molecule has 5 rings (SSSR count). The SMILES string of the molecule is Cc1ccccc1-c1ccc(NC2=CC=C3c4ccccc4C(C)(C)C3C2)cc1C. The molecule has 0 saturated carbocycles. The van der Waals surface area contributed by atoms with Crippen LogP contribution in [0.5, 0.6) is 0 Å². The minimum atomic E-state index is 0.161. The van der Waals surface area contributed by atoms with E-state index in [0.29, 0.717) is 5.92 Å². The van der Waals surface area contributed by atoms with Crippen LogP contribution in [-0.4, -0.2) is 0 Å². The summed E-state index contributed by atoms with van der Waals surface area (Å²) in [7, 11) is 0. The lowest BCUT2D eigenvalue weighted by atomic mass is 9.74. The van der Waals surface area contributed by atoms with Crippen LogP contribution in [-0.2, 0) is 5.41 Å². The summed E-state index contributed by atoms with van der Waals surface area (Å²) in [6, 6.07) is 24.3. The molecule has 0 amide bonds. The lowest BCUT2D eigenvalue weighted by Gasteiger charge is -2.31. The summed E-state index contributed by atoms with van der Waals surface area (Å²) in [5.74, 6) is 0.523. The van der Waals surface area contributed by atoms with Crippen LogP contribution >= 0.6 is 0 Å². The van der Waals surface area contributed by atoms with Crippen LogP contribution in [0, 0.1) is 19.8 Å². The van der Waals surface area contributed by atoms with E-state index in [2.05, 4.69) is 112 Å². The van der Waals surface area contributed by atoms with Gasteiger partial charge in [-0.1, -0.05) is 74.5 Å². The molecule has 0 aromatic heterocycles. The van der Waals surface area contributed by atoms with Crippen molar-refractivity contribution in [3.05, 3.63) is 107 Å². The summed E-state index contributed by atoms with van der Waals surface area (Å²) in [6.07, 6.45) is 5.65. The van der Waals surface area contributed by atoms with E-state index in [9.17, 15) is 0 Å². The molecule has 2 aliphatic rings. The number of nitrogens with one attached hydrogen (secondary N) is 1. The fraction of sp³-hybridized carbons (Fsp3) is 0.241. The molecule has 0 fully saturated rings. The smallest absolute Gasteiger partial charge is 0.0384 e. The van der Waals surface area contributed by atoms with Gasteiger partial charge in [-0.2, -0.15) is 0 Å². The fourth-order valence-corrected chi connectivity index (χ4v) is 5.31. The maximum Gasteiger partial charge on any atom is 0.0384 e. The Kier molecular flexibility index (Phi) is 4.43. The number of hydrogen-bond donors (Lipinski definition) is 1. The quantitative estimate of drug-likeness (QED) is 0.483. The van der Waals surface area contributed by atoms with E-state index in [4.69, 9.17) is 0 Å². The van der Waals surface area contributed by atoms with Crippen LogP contribution in [0.3, 0.4) is 0 Å². The first-order chi connectivity index (χ1) is 14.4. The summed E-state index contributed by atoms with van der Waals surface area (Å²) in [5, 5.41) is 3.71. The molecule has 1 atom stereocenters. The molecule has 1 N–H and O–H groups in total. The van der Waals surface area contributed by atoms with Crippen molar-refractivity contribution in [2.45, 2.75) is 39.5 Å². The normalized spacial score (nSPS) is 18.9. The van der Waals surface area contributed by atoms with E-state index >= 15 is 0 Å². The fourth-order valence-electron chi connectivity index (χ4n) is 5.31. The summed E-state index contributed by atoms with van der Waals surface area (Å²) >= 11 is 0. The highest BCUT2D eigenvalue weighted by Gasteiger charge is 2.43. The van der Waals surface area contributed by atoms with Gasteiger partial charge in [0.1, 0.15) is 0 Å². The molecule has 2 aliphatic carbocycles. The van der Waals surface area contributed by atoms with Gasteiger partial charge in [-0.25, -0.2) is 0 Å². The molecule has 150 valence electrons. The number of hydrogen-bond acceptors (Lipinski definition) is 1. The number of anilines is 1. The second kappa shape index (κ2) is 7.02. The van der Waals surface area contributed by atoms with Crippen molar-refractivity contribution in [2.24, 2.45) is 5.92 Å². The van der Waals surface area contributed by atoms with Crippen LogP contribution < -0.4 is 5.32 Å². The number of allylic oxidation sites excluding steroid dienone is 4. The molecule has 0 radical (unpaired) electrons. The summed E-state index contributed by atoms with van der Waals surface area (Å²) in [6.45, 7) is 9.17. The highest BCUT2D eigenvalue weighted by atomic mass is 14.9. The topological polar surface area (TPSA) is 12.0 Å². The van der Waals surface area contributed by atoms with E-state index in [1.54, 1.807) is 0 Å². The molecule has 1 heteroatoms. The summed E-state index contributed by atoms with van der Waals surface area (Å²) < 4.78 is 0. The minimum absolute atomic E-state index is 0.161. The lowest BCUT2D eigenvalue weighted by Crippen LogP contribution is -2.26. The predicted molar refractivity (Wildman–Crippen MR) is 129 cm³/mol. The van der Waals surface area contributed by atoms with Gasteiger partial charge in [-0.05, 0) is 88.8 Å². The molecular formula is C29H29N. The van der Waals surface area contributed by atoms with Crippen molar-refractivity contribution in [1.29, 1.82) is 0 Å². The van der Waals surface area contributed by atoms with E-state index in [1.807, 2.05) is 0 Å². The molecular weight excluding hydrogens is 362 g/mol. The Bertz CT molecular complexity index is 1190. The van der Waals surface area contributed by atoms with Gasteiger partial charge in [0.2, 0.25) is 0 Å². The standard InChI is InChI=1S/C29H29N/c1-19-9-5-6-10-23(19)24-15-13-21(17-20(24)2)30-22-14-16-26-25-11-7-8-12-27(25)29(3,4)28(26)18-22/h5-17,28,30H,18H2,1-4H3. The van der Waals surface area contributed by atoms with Crippen molar-refractivity contribution in [3.8, 4) is 11.1 Å². The van der Waals surface area contributed by atoms with Gasteiger partial charge in [-0.15, -0.1) is 0 Å². The molecule has 0 bridgehead atoms. The van der Waals surface area contributed by atoms with Gasteiger partial charge in [0, 0.05) is 11.4 Å². The third kappa shape index (κ3) is 3.01. The summed E-state index contributed by atoms with van der Waals surface area (Å²) in [4.78, 5) is 0. The first-order valence-electron chi connectivity index (χ1n) is 10.9. The Morgan fingerprint density at radius 1 is 0.767 bits per heavy atom. The van der Waals surface area contributed by atoms with Crippen molar-refractivity contribution >= 4 is 11.3 Å². The monoisotopic (exact) mass is 391 g/mol. The Labute approximate surface area is 180 Å². The molecule has 0 heterocycles. The summed E-state index contributed by atoms with van der Waals surface area (Å²) in [5.41, 5.74) is 12.3. The molecule has 3 aromatic carbocycles. The second-order valence-electron chi connectivity index (χ2n) is 9.31. The maximum absolute atomic E-state index is 3.71. The third-order valence-electron chi connectivity index (χ3n) is 7.03. The van der Waals surface area contributed by atoms with E-state index in [0.717, 1.165) is 6.42 Å². The average Bonchev–Trinajstić information content (AvgIpc) is 2.96. The Balaban J connectivity index is 1.42. The zero-order chi connectivity index (χ0) is 20.9. The predicted octanol–water partition coefficient (Wildman–Crippen LogP) is 7.66. The highest BCUT2D eigenvalue weighted by Crippen LogP contribution is 2.53. The van der Waals surface area contributed by atoms with Crippen LogP contribution in [0.4, 0.5) is 5.69 Å². The van der Waals surface area contributed by atoms with E-state index < -0.39 is 0 Å². The van der Waals surface area contributed by atoms with Gasteiger partial charge in [0.15, 0.2) is 0 Å². The third-order valence-corrected chi connectivity index (χ3v) is 7.03. The minimum Gasteiger partial charge on any atom is -0.359 e. The van der Waals surface area contributed by atoms with Crippen LogP contribution in [0.25, 0.3) is 16.7 Å². The van der Waals surface area contributed by atoms with Crippen molar-refractivity contribution in [2.75, 3.05) is 5.32 Å². The number of fused-ring (bicyclic) bond motifs is 3. The van der Waals surface area contributed by atoms with Gasteiger partial charge in [0.05, 0.1) is 0 Å². The van der Waals surface area contributed by atoms with E-state index in [-0.39, 0.29) is 5.41 Å². The van der Waals surface area contributed by atoms with Crippen molar-refractivity contribution in [1.82, 2.24) is 0 Å². The molecule has 0 aliphatic heterocycles. The Morgan fingerprint density at radius 3 is 2.23 bits per heavy atom. The molecule has 0 spiro atoms. The lowest BCUT2D eigenvalue weighted by molar-refractivity contribution is 0.409. The maximum atomic E-state index is 3.71. The molecule has 3 aromatic rings. The van der Waals surface area contributed by atoms with Crippen LogP contribution in [0.1, 0.15) is 42.5 Å². The number of benzene rings is 3. The molecule has 1 nitrogen and oxygen atoms in total. The highest BCUT2D eigenvalue weighted by molar-refractivity contribution is 5.80. The Morgan fingerprint density at radius 2 is 1.47 bits per heavy atom. The van der Waals surface area contributed by atoms with Gasteiger partial charge in [-0.3, -0.25) is 0 Å². The first-order valence-corrected chi connectivity index (χ1v) is 10.9. The largest absolute Gasteiger partial charge is 0.359 e. The zero-order valence-corrected chi connectivity index (χ0v) is 18.3. The Hall–Kier alpha value is -3.06. The van der Waals surface area contributed by atoms with Crippen molar-refractivity contribution < 1.29 is 0 Å². The first kappa shape index (κ1) is 18.9.